The zero-order valence-corrected chi connectivity index (χ0v) is 13.5. The van der Waals surface area contributed by atoms with Gasteiger partial charge in [-0.25, -0.2) is 0 Å². The molecule has 0 aliphatic heterocycles. The SMILES string of the molecule is CC(C)(C)C1CCCCC1NCCCC(=O)NC1CC1. The Morgan fingerprint density at radius 1 is 1.10 bits per heavy atom. The van der Waals surface area contributed by atoms with E-state index >= 15 is 0 Å². The predicted molar refractivity (Wildman–Crippen MR) is 83.6 cm³/mol. The van der Waals surface area contributed by atoms with Gasteiger partial charge in [0.2, 0.25) is 5.91 Å². The first-order valence-corrected chi connectivity index (χ1v) is 8.49. The molecule has 2 unspecified atom stereocenters. The van der Waals surface area contributed by atoms with Crippen LogP contribution in [0.4, 0.5) is 0 Å². The fourth-order valence-corrected chi connectivity index (χ4v) is 3.48. The van der Waals surface area contributed by atoms with Crippen LogP contribution in [0.1, 0.15) is 72.1 Å². The summed E-state index contributed by atoms with van der Waals surface area (Å²) < 4.78 is 0. The van der Waals surface area contributed by atoms with Crippen molar-refractivity contribution in [1.82, 2.24) is 10.6 Å². The summed E-state index contributed by atoms with van der Waals surface area (Å²) in [6.07, 6.45) is 9.39. The molecule has 0 bridgehead atoms. The van der Waals surface area contributed by atoms with E-state index in [1.165, 1.54) is 38.5 Å². The zero-order chi connectivity index (χ0) is 14.6. The molecule has 0 spiro atoms. The Morgan fingerprint density at radius 3 is 2.45 bits per heavy atom. The molecule has 20 heavy (non-hydrogen) atoms. The van der Waals surface area contributed by atoms with Gasteiger partial charge < -0.3 is 10.6 Å². The molecule has 0 aromatic rings. The lowest BCUT2D eigenvalue weighted by molar-refractivity contribution is -0.121. The molecular formula is C17H32N2O. The number of amides is 1. The second kappa shape index (κ2) is 6.93. The molecule has 2 N–H and O–H groups in total. The quantitative estimate of drug-likeness (QED) is 0.733. The van der Waals surface area contributed by atoms with E-state index in [0.717, 1.165) is 18.9 Å². The van der Waals surface area contributed by atoms with Crippen LogP contribution in [0.15, 0.2) is 0 Å². The van der Waals surface area contributed by atoms with Gasteiger partial charge in [-0.15, -0.1) is 0 Å². The maximum atomic E-state index is 11.6. The minimum absolute atomic E-state index is 0.241. The van der Waals surface area contributed by atoms with Gasteiger partial charge in [0.1, 0.15) is 0 Å². The van der Waals surface area contributed by atoms with Crippen LogP contribution in [-0.4, -0.2) is 24.5 Å². The van der Waals surface area contributed by atoms with E-state index in [-0.39, 0.29) is 5.91 Å². The Hall–Kier alpha value is -0.570. The van der Waals surface area contributed by atoms with Gasteiger partial charge in [0.15, 0.2) is 0 Å². The summed E-state index contributed by atoms with van der Waals surface area (Å²) in [6.45, 7) is 8.07. The van der Waals surface area contributed by atoms with Crippen LogP contribution in [0.2, 0.25) is 0 Å². The van der Waals surface area contributed by atoms with Crippen molar-refractivity contribution in [2.24, 2.45) is 11.3 Å². The summed E-state index contributed by atoms with van der Waals surface area (Å²) in [6, 6.07) is 1.15. The number of carbonyl (C=O) groups is 1. The van der Waals surface area contributed by atoms with Crippen LogP contribution in [0.3, 0.4) is 0 Å². The van der Waals surface area contributed by atoms with Crippen LogP contribution in [-0.2, 0) is 4.79 Å². The zero-order valence-electron chi connectivity index (χ0n) is 13.5. The third-order valence-corrected chi connectivity index (χ3v) is 4.81. The highest BCUT2D eigenvalue weighted by Crippen LogP contribution is 2.37. The van der Waals surface area contributed by atoms with Crippen molar-refractivity contribution in [3.05, 3.63) is 0 Å². The Balaban J connectivity index is 1.64. The van der Waals surface area contributed by atoms with Crippen molar-refractivity contribution in [1.29, 1.82) is 0 Å². The van der Waals surface area contributed by atoms with E-state index in [1.54, 1.807) is 0 Å². The van der Waals surface area contributed by atoms with Gasteiger partial charge in [0.25, 0.3) is 0 Å². The third kappa shape index (κ3) is 5.08. The van der Waals surface area contributed by atoms with E-state index in [0.29, 0.717) is 23.9 Å². The summed E-state index contributed by atoms with van der Waals surface area (Å²) in [5, 5.41) is 6.78. The monoisotopic (exact) mass is 280 g/mol. The Labute approximate surface area is 124 Å². The van der Waals surface area contributed by atoms with Crippen molar-refractivity contribution >= 4 is 5.91 Å². The first-order chi connectivity index (χ1) is 9.47. The Bertz CT molecular complexity index is 317. The van der Waals surface area contributed by atoms with Crippen LogP contribution >= 0.6 is 0 Å². The van der Waals surface area contributed by atoms with Gasteiger partial charge in [-0.05, 0) is 50.0 Å². The molecule has 2 aliphatic carbocycles. The normalized spacial score (nSPS) is 27.4. The van der Waals surface area contributed by atoms with E-state index in [9.17, 15) is 4.79 Å². The van der Waals surface area contributed by atoms with Gasteiger partial charge in [0, 0.05) is 18.5 Å². The second-order valence-corrected chi connectivity index (χ2v) is 7.76. The summed E-state index contributed by atoms with van der Waals surface area (Å²) in [4.78, 5) is 11.6. The molecule has 3 heteroatoms. The van der Waals surface area contributed by atoms with Crippen LogP contribution in [0, 0.1) is 11.3 Å². The molecule has 2 aliphatic rings. The summed E-state index contributed by atoms with van der Waals surface area (Å²) in [5.74, 6) is 1.02. The van der Waals surface area contributed by atoms with E-state index in [2.05, 4.69) is 31.4 Å². The fraction of sp³-hybridized carbons (Fsp3) is 0.941. The first-order valence-electron chi connectivity index (χ1n) is 8.49. The molecule has 0 saturated heterocycles. The molecule has 2 fully saturated rings. The lowest BCUT2D eigenvalue weighted by Crippen LogP contribution is -2.44. The topological polar surface area (TPSA) is 41.1 Å². The average Bonchev–Trinajstić information content (AvgIpc) is 3.18. The standard InChI is InChI=1S/C17H32N2O/c1-17(2,3)14-7-4-5-8-15(14)18-12-6-9-16(20)19-13-10-11-13/h13-15,18H,4-12H2,1-3H3,(H,19,20). The van der Waals surface area contributed by atoms with Crippen molar-refractivity contribution < 1.29 is 4.79 Å². The predicted octanol–water partition coefficient (Wildman–Crippen LogP) is 3.24. The molecule has 0 radical (unpaired) electrons. The molecule has 1 amide bonds. The van der Waals surface area contributed by atoms with Gasteiger partial charge in [-0.1, -0.05) is 33.6 Å². The van der Waals surface area contributed by atoms with Gasteiger partial charge in [0.05, 0.1) is 0 Å². The molecule has 0 aromatic carbocycles. The van der Waals surface area contributed by atoms with Gasteiger partial charge >= 0.3 is 0 Å². The third-order valence-electron chi connectivity index (χ3n) is 4.81. The minimum atomic E-state index is 0.241. The summed E-state index contributed by atoms with van der Waals surface area (Å²) >= 11 is 0. The van der Waals surface area contributed by atoms with Gasteiger partial charge in [-0.3, -0.25) is 4.79 Å². The van der Waals surface area contributed by atoms with Crippen LogP contribution in [0.5, 0.6) is 0 Å². The van der Waals surface area contributed by atoms with E-state index in [4.69, 9.17) is 0 Å². The molecule has 0 aromatic heterocycles. The minimum Gasteiger partial charge on any atom is -0.353 e. The maximum absolute atomic E-state index is 11.6. The molecule has 2 atom stereocenters. The first kappa shape index (κ1) is 15.8. The van der Waals surface area contributed by atoms with Crippen molar-refractivity contribution in [2.75, 3.05) is 6.54 Å². The van der Waals surface area contributed by atoms with Gasteiger partial charge in [-0.2, -0.15) is 0 Å². The summed E-state index contributed by atoms with van der Waals surface area (Å²) in [5.41, 5.74) is 0.390. The number of hydrogen-bond acceptors (Lipinski definition) is 2. The lowest BCUT2D eigenvalue weighted by Gasteiger charge is -2.41. The van der Waals surface area contributed by atoms with Crippen molar-refractivity contribution in [2.45, 2.75) is 84.2 Å². The highest BCUT2D eigenvalue weighted by atomic mass is 16.1. The van der Waals surface area contributed by atoms with E-state index < -0.39 is 0 Å². The number of carbonyl (C=O) groups excluding carboxylic acids is 1. The fourth-order valence-electron chi connectivity index (χ4n) is 3.48. The van der Waals surface area contributed by atoms with Crippen LogP contribution < -0.4 is 10.6 Å². The smallest absolute Gasteiger partial charge is 0.220 e. The maximum Gasteiger partial charge on any atom is 0.220 e. The highest BCUT2D eigenvalue weighted by Gasteiger charge is 2.33. The Morgan fingerprint density at radius 2 is 1.80 bits per heavy atom. The molecular weight excluding hydrogens is 248 g/mol. The Kier molecular flexibility index (Phi) is 5.48. The molecule has 0 heterocycles. The largest absolute Gasteiger partial charge is 0.353 e. The van der Waals surface area contributed by atoms with Crippen molar-refractivity contribution in [3.8, 4) is 0 Å². The molecule has 2 rings (SSSR count). The number of nitrogens with one attached hydrogen (secondary N) is 2. The summed E-state index contributed by atoms with van der Waals surface area (Å²) in [7, 11) is 0. The second-order valence-electron chi connectivity index (χ2n) is 7.76. The van der Waals surface area contributed by atoms with Crippen molar-refractivity contribution in [3.63, 3.8) is 0 Å². The molecule has 2 saturated carbocycles. The van der Waals surface area contributed by atoms with Crippen LogP contribution in [0.25, 0.3) is 0 Å². The lowest BCUT2D eigenvalue weighted by atomic mass is 9.69. The average molecular weight is 280 g/mol. The molecule has 116 valence electrons. The number of rotatable bonds is 6. The van der Waals surface area contributed by atoms with E-state index in [1.807, 2.05) is 0 Å². The molecule has 3 nitrogen and oxygen atoms in total. The number of hydrogen-bond donors (Lipinski definition) is 2. The highest BCUT2D eigenvalue weighted by molar-refractivity contribution is 5.76.